The number of para-hydroxylation sites is 2. The number of hydrogen-bond acceptors (Lipinski definition) is 3. The lowest BCUT2D eigenvalue weighted by atomic mass is 9.89. The predicted molar refractivity (Wildman–Crippen MR) is 89.4 cm³/mol. The summed E-state index contributed by atoms with van der Waals surface area (Å²) in [6.45, 7) is 2.39. The van der Waals surface area contributed by atoms with Crippen molar-refractivity contribution < 1.29 is 9.59 Å². The van der Waals surface area contributed by atoms with Crippen molar-refractivity contribution in [1.82, 2.24) is 4.90 Å². The third kappa shape index (κ3) is 2.34. The molecule has 4 rings (SSSR count). The molecule has 1 aromatic carbocycles. The molecular weight excluding hydrogens is 290 g/mol. The highest BCUT2D eigenvalue weighted by molar-refractivity contribution is 6.15. The third-order valence-electron chi connectivity index (χ3n) is 5.48. The molecule has 2 amide bonds. The van der Waals surface area contributed by atoms with Gasteiger partial charge in [-0.05, 0) is 50.9 Å². The number of rotatable bonds is 2. The van der Waals surface area contributed by atoms with Crippen LogP contribution in [0.25, 0.3) is 0 Å². The highest BCUT2D eigenvalue weighted by atomic mass is 16.2. The molecule has 1 aromatic rings. The first-order chi connectivity index (χ1) is 11.2. The van der Waals surface area contributed by atoms with E-state index in [-0.39, 0.29) is 11.8 Å². The first-order valence-corrected chi connectivity index (χ1v) is 8.67. The standard InChI is InChI=1S/C18H23N3O2/c22-16(13-20-11-5-6-12-20)21-15-8-2-1-7-14(15)19-17(23)18(21)9-3-4-10-18/h1-2,7-8H,3-6,9-13H2,(H,19,23). The maximum absolute atomic E-state index is 13.1. The Kier molecular flexibility index (Phi) is 3.60. The van der Waals surface area contributed by atoms with Crippen molar-refractivity contribution in [2.24, 2.45) is 0 Å². The largest absolute Gasteiger partial charge is 0.322 e. The van der Waals surface area contributed by atoms with E-state index in [1.165, 1.54) is 0 Å². The van der Waals surface area contributed by atoms with Crippen LogP contribution in [-0.2, 0) is 9.59 Å². The van der Waals surface area contributed by atoms with Gasteiger partial charge in [-0.25, -0.2) is 0 Å². The number of anilines is 2. The summed E-state index contributed by atoms with van der Waals surface area (Å²) in [5, 5.41) is 3.02. The molecule has 0 unspecified atom stereocenters. The number of fused-ring (bicyclic) bond motifs is 1. The first-order valence-electron chi connectivity index (χ1n) is 8.67. The van der Waals surface area contributed by atoms with Crippen LogP contribution in [0, 0.1) is 0 Å². The Morgan fingerprint density at radius 2 is 1.78 bits per heavy atom. The fraction of sp³-hybridized carbons (Fsp3) is 0.556. The maximum Gasteiger partial charge on any atom is 0.250 e. The summed E-state index contributed by atoms with van der Waals surface area (Å²) < 4.78 is 0. The molecule has 2 heterocycles. The van der Waals surface area contributed by atoms with E-state index < -0.39 is 5.54 Å². The molecule has 23 heavy (non-hydrogen) atoms. The minimum Gasteiger partial charge on any atom is -0.322 e. The zero-order valence-electron chi connectivity index (χ0n) is 13.4. The van der Waals surface area contributed by atoms with Gasteiger partial charge in [0.1, 0.15) is 5.54 Å². The molecule has 0 atom stereocenters. The van der Waals surface area contributed by atoms with Gasteiger partial charge in [0.2, 0.25) is 5.91 Å². The van der Waals surface area contributed by atoms with E-state index in [0.29, 0.717) is 6.54 Å². The lowest BCUT2D eigenvalue weighted by Crippen LogP contribution is -2.62. The molecular formula is C18H23N3O2. The summed E-state index contributed by atoms with van der Waals surface area (Å²) >= 11 is 0. The number of amides is 2. The van der Waals surface area contributed by atoms with Crippen molar-refractivity contribution in [3.05, 3.63) is 24.3 Å². The summed E-state index contributed by atoms with van der Waals surface area (Å²) in [6, 6.07) is 7.67. The molecule has 3 aliphatic rings. The van der Waals surface area contributed by atoms with Gasteiger partial charge in [-0.3, -0.25) is 19.4 Å². The number of carbonyl (C=O) groups is 2. The van der Waals surface area contributed by atoms with Crippen LogP contribution in [0.3, 0.4) is 0 Å². The smallest absolute Gasteiger partial charge is 0.250 e. The van der Waals surface area contributed by atoms with Gasteiger partial charge < -0.3 is 5.32 Å². The molecule has 2 fully saturated rings. The van der Waals surface area contributed by atoms with Gasteiger partial charge in [-0.15, -0.1) is 0 Å². The summed E-state index contributed by atoms with van der Waals surface area (Å²) in [7, 11) is 0. The quantitative estimate of drug-likeness (QED) is 0.912. The molecule has 5 heteroatoms. The maximum atomic E-state index is 13.1. The van der Waals surface area contributed by atoms with Gasteiger partial charge in [-0.2, -0.15) is 0 Å². The third-order valence-corrected chi connectivity index (χ3v) is 5.48. The Labute approximate surface area is 136 Å². The van der Waals surface area contributed by atoms with Crippen molar-refractivity contribution in [3.63, 3.8) is 0 Å². The monoisotopic (exact) mass is 313 g/mol. The summed E-state index contributed by atoms with van der Waals surface area (Å²) in [5.41, 5.74) is 0.938. The molecule has 1 aliphatic carbocycles. The Morgan fingerprint density at radius 3 is 2.52 bits per heavy atom. The van der Waals surface area contributed by atoms with Crippen molar-refractivity contribution in [2.45, 2.75) is 44.1 Å². The lowest BCUT2D eigenvalue weighted by Gasteiger charge is -2.44. The van der Waals surface area contributed by atoms with Gasteiger partial charge in [0.05, 0.1) is 17.9 Å². The van der Waals surface area contributed by atoms with Crippen molar-refractivity contribution >= 4 is 23.2 Å². The summed E-state index contributed by atoms with van der Waals surface area (Å²) in [5.74, 6) is 0.0552. The molecule has 0 bridgehead atoms. The molecule has 5 nitrogen and oxygen atoms in total. The van der Waals surface area contributed by atoms with E-state index >= 15 is 0 Å². The minimum absolute atomic E-state index is 0.0107. The van der Waals surface area contributed by atoms with Crippen LogP contribution < -0.4 is 10.2 Å². The van der Waals surface area contributed by atoms with Crippen molar-refractivity contribution in [3.8, 4) is 0 Å². The molecule has 0 aromatic heterocycles. The van der Waals surface area contributed by atoms with E-state index in [1.54, 1.807) is 0 Å². The molecule has 122 valence electrons. The van der Waals surface area contributed by atoms with Gasteiger partial charge >= 0.3 is 0 Å². The topological polar surface area (TPSA) is 52.7 Å². The second kappa shape index (κ2) is 5.64. The van der Waals surface area contributed by atoms with E-state index in [0.717, 1.165) is 63.0 Å². The van der Waals surface area contributed by atoms with Gasteiger partial charge in [0.15, 0.2) is 0 Å². The fourth-order valence-electron chi connectivity index (χ4n) is 4.33. The van der Waals surface area contributed by atoms with Crippen LogP contribution in [0.4, 0.5) is 11.4 Å². The second-order valence-corrected chi connectivity index (χ2v) is 6.92. The van der Waals surface area contributed by atoms with Crippen LogP contribution >= 0.6 is 0 Å². The van der Waals surface area contributed by atoms with Gasteiger partial charge in [0.25, 0.3) is 5.91 Å². The Hall–Kier alpha value is -1.88. The zero-order chi connectivity index (χ0) is 15.9. The molecule has 1 saturated carbocycles. The number of nitrogens with zero attached hydrogens (tertiary/aromatic N) is 2. The SMILES string of the molecule is O=C(CN1CCCC1)N1c2ccccc2NC(=O)C12CCCC2. The Balaban J connectivity index is 1.72. The van der Waals surface area contributed by atoms with E-state index in [9.17, 15) is 9.59 Å². The van der Waals surface area contributed by atoms with Crippen LogP contribution in [0.1, 0.15) is 38.5 Å². The van der Waals surface area contributed by atoms with Crippen molar-refractivity contribution in [2.75, 3.05) is 29.9 Å². The highest BCUT2D eigenvalue weighted by Gasteiger charge is 2.52. The molecule has 1 saturated heterocycles. The Morgan fingerprint density at radius 1 is 1.09 bits per heavy atom. The van der Waals surface area contributed by atoms with Gasteiger partial charge in [0, 0.05) is 0 Å². The highest BCUT2D eigenvalue weighted by Crippen LogP contribution is 2.45. The normalized spacial score (nSPS) is 23.1. The van der Waals surface area contributed by atoms with E-state index in [2.05, 4.69) is 10.2 Å². The number of hydrogen-bond donors (Lipinski definition) is 1. The fourth-order valence-corrected chi connectivity index (χ4v) is 4.33. The summed E-state index contributed by atoms with van der Waals surface area (Å²) in [4.78, 5) is 30.0. The van der Waals surface area contributed by atoms with Crippen LogP contribution in [0.2, 0.25) is 0 Å². The van der Waals surface area contributed by atoms with Crippen molar-refractivity contribution in [1.29, 1.82) is 0 Å². The molecule has 1 N–H and O–H groups in total. The number of nitrogens with one attached hydrogen (secondary N) is 1. The zero-order valence-corrected chi connectivity index (χ0v) is 13.4. The number of likely N-dealkylation sites (tertiary alicyclic amines) is 1. The second-order valence-electron chi connectivity index (χ2n) is 6.92. The predicted octanol–water partition coefficient (Wildman–Crippen LogP) is 2.38. The molecule has 0 radical (unpaired) electrons. The molecule has 1 spiro atoms. The minimum atomic E-state index is -0.675. The Bertz CT molecular complexity index is 631. The van der Waals surface area contributed by atoms with Crippen LogP contribution in [-0.4, -0.2) is 41.9 Å². The van der Waals surface area contributed by atoms with Crippen LogP contribution in [0.15, 0.2) is 24.3 Å². The average molecular weight is 313 g/mol. The molecule has 2 aliphatic heterocycles. The number of carbonyl (C=O) groups excluding carboxylic acids is 2. The first kappa shape index (κ1) is 14.7. The lowest BCUT2D eigenvalue weighted by molar-refractivity contribution is -0.127. The van der Waals surface area contributed by atoms with Gasteiger partial charge in [-0.1, -0.05) is 25.0 Å². The van der Waals surface area contributed by atoms with E-state index in [4.69, 9.17) is 0 Å². The van der Waals surface area contributed by atoms with E-state index in [1.807, 2.05) is 29.2 Å². The number of benzene rings is 1. The average Bonchev–Trinajstić information content (AvgIpc) is 3.21. The van der Waals surface area contributed by atoms with Crippen LogP contribution in [0.5, 0.6) is 0 Å². The summed E-state index contributed by atoms with van der Waals surface area (Å²) in [6.07, 6.45) is 5.86.